The summed E-state index contributed by atoms with van der Waals surface area (Å²) in [6.07, 6.45) is 7.63. The first-order chi connectivity index (χ1) is 9.34. The fourth-order valence-corrected chi connectivity index (χ4v) is 2.64. The second kappa shape index (κ2) is 5.70. The van der Waals surface area contributed by atoms with Gasteiger partial charge in [0.25, 0.3) is 0 Å². The summed E-state index contributed by atoms with van der Waals surface area (Å²) in [4.78, 5) is 18.7. The molecule has 0 aromatic carbocycles. The highest BCUT2D eigenvalue weighted by Gasteiger charge is 2.36. The molecule has 1 saturated carbocycles. The predicted molar refractivity (Wildman–Crippen MR) is 71.4 cm³/mol. The molecule has 0 unspecified atom stereocenters. The molecule has 2 fully saturated rings. The van der Waals surface area contributed by atoms with Crippen molar-refractivity contribution in [3.63, 3.8) is 0 Å². The third-order valence-corrected chi connectivity index (χ3v) is 3.94. The summed E-state index contributed by atoms with van der Waals surface area (Å²) in [5, 5.41) is 0. The molecule has 1 aromatic rings. The van der Waals surface area contributed by atoms with Gasteiger partial charge < -0.3 is 9.64 Å². The first-order valence-corrected chi connectivity index (χ1v) is 7.12. The quantitative estimate of drug-likeness (QED) is 0.831. The Morgan fingerprint density at radius 3 is 2.53 bits per heavy atom. The van der Waals surface area contributed by atoms with Gasteiger partial charge in [-0.25, -0.2) is 0 Å². The number of aromatic nitrogens is 1. The van der Waals surface area contributed by atoms with Crippen LogP contribution in [-0.2, 0) is 16.1 Å². The SMILES string of the molecule is O=C(C1CCOCC1)N(Cc1ccncc1)C1CC1. The van der Waals surface area contributed by atoms with Crippen molar-refractivity contribution in [2.24, 2.45) is 5.92 Å². The zero-order chi connectivity index (χ0) is 13.1. The molecule has 1 aliphatic heterocycles. The molecule has 2 aliphatic rings. The first-order valence-electron chi connectivity index (χ1n) is 7.12. The van der Waals surface area contributed by atoms with E-state index in [0.29, 0.717) is 11.9 Å². The summed E-state index contributed by atoms with van der Waals surface area (Å²) in [6.45, 7) is 2.18. The van der Waals surface area contributed by atoms with Crippen LogP contribution >= 0.6 is 0 Å². The van der Waals surface area contributed by atoms with Gasteiger partial charge in [0.1, 0.15) is 0 Å². The minimum atomic E-state index is 0.163. The fourth-order valence-electron chi connectivity index (χ4n) is 2.64. The van der Waals surface area contributed by atoms with Gasteiger partial charge in [0, 0.05) is 44.1 Å². The van der Waals surface area contributed by atoms with Crippen LogP contribution in [0.2, 0.25) is 0 Å². The van der Waals surface area contributed by atoms with E-state index >= 15 is 0 Å². The summed E-state index contributed by atoms with van der Waals surface area (Å²) >= 11 is 0. The van der Waals surface area contributed by atoms with Crippen LogP contribution in [0, 0.1) is 5.92 Å². The smallest absolute Gasteiger partial charge is 0.226 e. The second-order valence-corrected chi connectivity index (χ2v) is 5.44. The molecule has 0 N–H and O–H groups in total. The summed E-state index contributed by atoms with van der Waals surface area (Å²) in [6, 6.07) is 4.45. The van der Waals surface area contributed by atoms with Crippen LogP contribution in [0.1, 0.15) is 31.2 Å². The van der Waals surface area contributed by atoms with E-state index in [1.54, 1.807) is 12.4 Å². The zero-order valence-electron chi connectivity index (χ0n) is 11.1. The molecule has 2 heterocycles. The van der Waals surface area contributed by atoms with Crippen molar-refractivity contribution in [1.29, 1.82) is 0 Å². The van der Waals surface area contributed by atoms with Crippen LogP contribution in [0.25, 0.3) is 0 Å². The topological polar surface area (TPSA) is 42.4 Å². The minimum Gasteiger partial charge on any atom is -0.381 e. The van der Waals surface area contributed by atoms with Crippen LogP contribution < -0.4 is 0 Å². The predicted octanol–water partition coefficient (Wildman–Crippen LogP) is 2.00. The van der Waals surface area contributed by atoms with Crippen molar-refractivity contribution in [3.05, 3.63) is 30.1 Å². The second-order valence-electron chi connectivity index (χ2n) is 5.44. The Morgan fingerprint density at radius 1 is 1.21 bits per heavy atom. The molecule has 0 radical (unpaired) electrons. The van der Waals surface area contributed by atoms with E-state index in [2.05, 4.69) is 9.88 Å². The average Bonchev–Trinajstić information content (AvgIpc) is 3.31. The molecule has 1 aromatic heterocycles. The largest absolute Gasteiger partial charge is 0.381 e. The maximum Gasteiger partial charge on any atom is 0.226 e. The number of ether oxygens (including phenoxy) is 1. The fraction of sp³-hybridized carbons (Fsp3) is 0.600. The Labute approximate surface area is 113 Å². The lowest BCUT2D eigenvalue weighted by Crippen LogP contribution is -2.39. The molecule has 1 amide bonds. The van der Waals surface area contributed by atoms with E-state index in [-0.39, 0.29) is 5.92 Å². The highest BCUT2D eigenvalue weighted by molar-refractivity contribution is 5.79. The molecule has 4 nitrogen and oxygen atoms in total. The van der Waals surface area contributed by atoms with E-state index in [0.717, 1.165) is 45.4 Å². The third-order valence-electron chi connectivity index (χ3n) is 3.94. The highest BCUT2D eigenvalue weighted by Crippen LogP contribution is 2.31. The van der Waals surface area contributed by atoms with Crippen LogP contribution in [0.5, 0.6) is 0 Å². The lowest BCUT2D eigenvalue weighted by Gasteiger charge is -2.29. The summed E-state index contributed by atoms with van der Waals surface area (Å²) in [7, 11) is 0. The molecule has 0 spiro atoms. The van der Waals surface area contributed by atoms with Gasteiger partial charge in [0.15, 0.2) is 0 Å². The zero-order valence-corrected chi connectivity index (χ0v) is 11.1. The molecule has 1 saturated heterocycles. The van der Waals surface area contributed by atoms with Crippen LogP contribution in [0.4, 0.5) is 0 Å². The Morgan fingerprint density at radius 2 is 1.89 bits per heavy atom. The molecular formula is C15H20N2O2. The van der Waals surface area contributed by atoms with E-state index in [9.17, 15) is 4.79 Å². The number of rotatable bonds is 4. The molecule has 0 atom stereocenters. The molecule has 3 rings (SSSR count). The Hall–Kier alpha value is -1.42. The molecule has 19 heavy (non-hydrogen) atoms. The maximum absolute atomic E-state index is 12.6. The number of nitrogens with zero attached hydrogens (tertiary/aromatic N) is 2. The van der Waals surface area contributed by atoms with Gasteiger partial charge in [0.05, 0.1) is 0 Å². The summed E-state index contributed by atoms with van der Waals surface area (Å²) in [5.74, 6) is 0.485. The first kappa shape index (κ1) is 12.6. The number of pyridine rings is 1. The number of hydrogen-bond donors (Lipinski definition) is 0. The highest BCUT2D eigenvalue weighted by atomic mass is 16.5. The van der Waals surface area contributed by atoms with Gasteiger partial charge in [-0.3, -0.25) is 9.78 Å². The minimum absolute atomic E-state index is 0.163. The third kappa shape index (κ3) is 3.13. The van der Waals surface area contributed by atoms with Gasteiger partial charge in [-0.15, -0.1) is 0 Å². The van der Waals surface area contributed by atoms with E-state index in [1.165, 1.54) is 5.56 Å². The van der Waals surface area contributed by atoms with Crippen LogP contribution in [0.3, 0.4) is 0 Å². The van der Waals surface area contributed by atoms with E-state index in [1.807, 2.05) is 12.1 Å². The van der Waals surface area contributed by atoms with Gasteiger partial charge in [0.2, 0.25) is 5.91 Å². The Balaban J connectivity index is 1.68. The molecule has 4 heteroatoms. The van der Waals surface area contributed by atoms with E-state index < -0.39 is 0 Å². The summed E-state index contributed by atoms with van der Waals surface area (Å²) in [5.41, 5.74) is 1.17. The number of carbonyl (C=O) groups is 1. The molecule has 102 valence electrons. The van der Waals surface area contributed by atoms with Crippen LogP contribution in [0.15, 0.2) is 24.5 Å². The van der Waals surface area contributed by atoms with Crippen molar-refractivity contribution < 1.29 is 9.53 Å². The van der Waals surface area contributed by atoms with Gasteiger partial charge in [-0.05, 0) is 43.4 Å². The van der Waals surface area contributed by atoms with Crippen LogP contribution in [-0.4, -0.2) is 35.0 Å². The Bertz CT molecular complexity index is 425. The molecule has 0 bridgehead atoms. The normalized spacial score (nSPS) is 20.2. The molecular weight excluding hydrogens is 240 g/mol. The van der Waals surface area contributed by atoms with Crippen molar-refractivity contribution in [3.8, 4) is 0 Å². The van der Waals surface area contributed by atoms with Gasteiger partial charge >= 0.3 is 0 Å². The van der Waals surface area contributed by atoms with Gasteiger partial charge in [-0.1, -0.05) is 0 Å². The maximum atomic E-state index is 12.6. The number of amides is 1. The monoisotopic (exact) mass is 260 g/mol. The van der Waals surface area contributed by atoms with Crippen molar-refractivity contribution in [2.75, 3.05) is 13.2 Å². The molecule has 1 aliphatic carbocycles. The van der Waals surface area contributed by atoms with Crippen molar-refractivity contribution in [2.45, 2.75) is 38.3 Å². The lowest BCUT2D eigenvalue weighted by atomic mass is 9.98. The summed E-state index contributed by atoms with van der Waals surface area (Å²) < 4.78 is 5.34. The number of hydrogen-bond acceptors (Lipinski definition) is 3. The Kier molecular flexibility index (Phi) is 3.78. The van der Waals surface area contributed by atoms with Gasteiger partial charge in [-0.2, -0.15) is 0 Å². The van der Waals surface area contributed by atoms with E-state index in [4.69, 9.17) is 4.74 Å². The van der Waals surface area contributed by atoms with Crippen molar-refractivity contribution >= 4 is 5.91 Å². The number of carbonyl (C=O) groups excluding carboxylic acids is 1. The van der Waals surface area contributed by atoms with Crippen molar-refractivity contribution in [1.82, 2.24) is 9.88 Å². The average molecular weight is 260 g/mol. The lowest BCUT2D eigenvalue weighted by molar-refractivity contribution is -0.139. The standard InChI is InChI=1S/C15H20N2O2/c18-15(13-5-9-19-10-6-13)17(14-1-2-14)11-12-3-7-16-8-4-12/h3-4,7-8,13-14H,1-2,5-6,9-11H2.